The Hall–Kier alpha value is -3.00. The van der Waals surface area contributed by atoms with E-state index in [9.17, 15) is 0 Å². The zero-order valence-electron chi connectivity index (χ0n) is 9.93. The summed E-state index contributed by atoms with van der Waals surface area (Å²) in [5.74, 6) is 0.706. The first-order valence-electron chi connectivity index (χ1n) is 5.71. The molecule has 0 aliphatic rings. The molecule has 0 bridgehead atoms. The van der Waals surface area contributed by atoms with Crippen LogP contribution in [0.15, 0.2) is 54.9 Å². The molecule has 2 heterocycles. The summed E-state index contributed by atoms with van der Waals surface area (Å²) < 4.78 is 1.61. The number of hydrogen-bond donors (Lipinski definition) is 0. The maximum absolute atomic E-state index is 8.89. The average Bonchev–Trinajstić information content (AvgIpc) is 2.98. The quantitative estimate of drug-likeness (QED) is 0.696. The molecular weight excluding hydrogens is 238 g/mol. The van der Waals surface area contributed by atoms with Crippen molar-refractivity contribution in [2.45, 2.75) is 0 Å². The summed E-state index contributed by atoms with van der Waals surface area (Å²) in [5.41, 5.74) is 2.17. The van der Waals surface area contributed by atoms with Gasteiger partial charge in [-0.1, -0.05) is 23.4 Å². The molecule has 0 unspecified atom stereocenters. The van der Waals surface area contributed by atoms with E-state index < -0.39 is 0 Å². The van der Waals surface area contributed by atoms with E-state index >= 15 is 0 Å². The van der Waals surface area contributed by atoms with E-state index in [1.807, 2.05) is 30.3 Å². The van der Waals surface area contributed by atoms with Gasteiger partial charge in [0, 0.05) is 11.8 Å². The highest BCUT2D eigenvalue weighted by molar-refractivity contribution is 5.60. The fourth-order valence-corrected chi connectivity index (χ4v) is 1.75. The molecule has 2 aromatic heterocycles. The van der Waals surface area contributed by atoms with Crippen LogP contribution in [-0.4, -0.2) is 20.0 Å². The monoisotopic (exact) mass is 247 g/mol. The van der Waals surface area contributed by atoms with Crippen molar-refractivity contribution in [1.29, 1.82) is 5.26 Å². The van der Waals surface area contributed by atoms with Gasteiger partial charge >= 0.3 is 0 Å². The van der Waals surface area contributed by atoms with Gasteiger partial charge in [0.15, 0.2) is 5.82 Å². The molecule has 3 aromatic rings. The number of rotatable bonds is 2. The minimum Gasteiger partial charge on any atom is -0.237 e. The lowest BCUT2D eigenvalue weighted by Gasteiger charge is -1.97. The van der Waals surface area contributed by atoms with Crippen molar-refractivity contribution in [1.82, 2.24) is 20.0 Å². The van der Waals surface area contributed by atoms with Crippen molar-refractivity contribution in [3.8, 4) is 23.1 Å². The summed E-state index contributed by atoms with van der Waals surface area (Å²) in [6.07, 6.45) is 3.49. The lowest BCUT2D eigenvalue weighted by Crippen LogP contribution is -1.96. The summed E-state index contributed by atoms with van der Waals surface area (Å²) >= 11 is 0. The first-order chi connectivity index (χ1) is 9.36. The molecule has 0 fully saturated rings. The summed E-state index contributed by atoms with van der Waals surface area (Å²) in [6, 6.07) is 15.0. The first-order valence-corrected chi connectivity index (χ1v) is 5.71. The zero-order valence-corrected chi connectivity index (χ0v) is 9.93. The van der Waals surface area contributed by atoms with E-state index in [-0.39, 0.29) is 0 Å². The van der Waals surface area contributed by atoms with E-state index in [1.54, 1.807) is 29.2 Å². The molecule has 19 heavy (non-hydrogen) atoms. The number of hydrogen-bond acceptors (Lipinski definition) is 4. The van der Waals surface area contributed by atoms with Gasteiger partial charge in [0.25, 0.3) is 0 Å². The summed E-state index contributed by atoms with van der Waals surface area (Å²) in [5, 5.41) is 17.0. The van der Waals surface area contributed by atoms with Crippen LogP contribution in [0.1, 0.15) is 5.56 Å². The van der Waals surface area contributed by atoms with Gasteiger partial charge < -0.3 is 0 Å². The molecule has 0 saturated carbocycles. The maximum atomic E-state index is 8.89. The molecular formula is C14H9N5. The van der Waals surface area contributed by atoms with Crippen LogP contribution in [0.2, 0.25) is 0 Å². The number of pyridine rings is 1. The van der Waals surface area contributed by atoms with Crippen molar-refractivity contribution in [3.63, 3.8) is 0 Å². The molecule has 0 saturated heterocycles. The van der Waals surface area contributed by atoms with Crippen molar-refractivity contribution < 1.29 is 0 Å². The minimum atomic E-state index is 0.602. The third-order valence-corrected chi connectivity index (χ3v) is 2.66. The van der Waals surface area contributed by atoms with Crippen molar-refractivity contribution >= 4 is 0 Å². The summed E-state index contributed by atoms with van der Waals surface area (Å²) in [7, 11) is 0. The van der Waals surface area contributed by atoms with Crippen molar-refractivity contribution in [2.75, 3.05) is 0 Å². The molecule has 0 N–H and O–H groups in total. The van der Waals surface area contributed by atoms with Crippen LogP contribution in [0.3, 0.4) is 0 Å². The summed E-state index contributed by atoms with van der Waals surface area (Å²) in [4.78, 5) is 4.20. The van der Waals surface area contributed by atoms with E-state index in [2.05, 4.69) is 21.4 Å². The number of nitriles is 1. The predicted octanol–water partition coefficient (Wildman–Crippen LogP) is 2.20. The van der Waals surface area contributed by atoms with E-state index in [0.717, 1.165) is 5.56 Å². The van der Waals surface area contributed by atoms with Crippen LogP contribution in [0.25, 0.3) is 17.1 Å². The SMILES string of the molecule is N#Cc1cccc(-c2cn(-c3ccccn3)nn2)c1. The molecule has 5 nitrogen and oxygen atoms in total. The van der Waals surface area contributed by atoms with Gasteiger partial charge in [-0.05, 0) is 24.3 Å². The largest absolute Gasteiger partial charge is 0.237 e. The van der Waals surface area contributed by atoms with Gasteiger partial charge in [-0.25, -0.2) is 9.67 Å². The Labute approximate surface area is 109 Å². The number of benzene rings is 1. The topological polar surface area (TPSA) is 67.4 Å². The molecule has 0 atom stereocenters. The van der Waals surface area contributed by atoms with E-state index in [1.165, 1.54) is 0 Å². The molecule has 0 spiro atoms. The molecule has 3 rings (SSSR count). The molecule has 5 heteroatoms. The van der Waals surface area contributed by atoms with Crippen molar-refractivity contribution in [3.05, 3.63) is 60.4 Å². The number of aromatic nitrogens is 4. The Morgan fingerprint density at radius 1 is 1.11 bits per heavy atom. The van der Waals surface area contributed by atoms with Crippen LogP contribution in [-0.2, 0) is 0 Å². The molecule has 0 aliphatic heterocycles. The van der Waals surface area contributed by atoms with Gasteiger partial charge in [0.05, 0.1) is 17.8 Å². The fourth-order valence-electron chi connectivity index (χ4n) is 1.75. The smallest absolute Gasteiger partial charge is 0.155 e. The Balaban J connectivity index is 2.00. The average molecular weight is 247 g/mol. The highest BCUT2D eigenvalue weighted by Gasteiger charge is 2.06. The van der Waals surface area contributed by atoms with Crippen LogP contribution in [0.4, 0.5) is 0 Å². The highest BCUT2D eigenvalue weighted by atomic mass is 15.4. The Kier molecular flexibility index (Phi) is 2.75. The second kappa shape index (κ2) is 4.70. The lowest BCUT2D eigenvalue weighted by atomic mass is 10.1. The third-order valence-electron chi connectivity index (χ3n) is 2.66. The number of nitrogens with zero attached hydrogens (tertiary/aromatic N) is 5. The lowest BCUT2D eigenvalue weighted by molar-refractivity contribution is 0.782. The van der Waals surface area contributed by atoms with E-state index in [4.69, 9.17) is 5.26 Å². The van der Waals surface area contributed by atoms with Gasteiger partial charge in [-0.15, -0.1) is 5.10 Å². The molecule has 1 aromatic carbocycles. The molecule has 0 aliphatic carbocycles. The Bertz CT molecular complexity index is 740. The van der Waals surface area contributed by atoms with Gasteiger partial charge in [0.1, 0.15) is 5.69 Å². The molecule has 90 valence electrons. The van der Waals surface area contributed by atoms with Gasteiger partial charge in [-0.2, -0.15) is 5.26 Å². The predicted molar refractivity (Wildman–Crippen MR) is 69.3 cm³/mol. The second-order valence-corrected chi connectivity index (χ2v) is 3.93. The fraction of sp³-hybridized carbons (Fsp3) is 0. The minimum absolute atomic E-state index is 0.602. The molecule has 0 radical (unpaired) electrons. The summed E-state index contributed by atoms with van der Waals surface area (Å²) in [6.45, 7) is 0. The molecule has 0 amide bonds. The Morgan fingerprint density at radius 3 is 2.84 bits per heavy atom. The maximum Gasteiger partial charge on any atom is 0.155 e. The third kappa shape index (κ3) is 2.19. The van der Waals surface area contributed by atoms with E-state index in [0.29, 0.717) is 17.1 Å². The van der Waals surface area contributed by atoms with Crippen LogP contribution in [0.5, 0.6) is 0 Å². The first kappa shape index (κ1) is 11.1. The highest BCUT2D eigenvalue weighted by Crippen LogP contribution is 2.18. The van der Waals surface area contributed by atoms with Crippen LogP contribution < -0.4 is 0 Å². The van der Waals surface area contributed by atoms with Crippen molar-refractivity contribution in [2.24, 2.45) is 0 Å². The van der Waals surface area contributed by atoms with Gasteiger partial charge in [-0.3, -0.25) is 0 Å². The van der Waals surface area contributed by atoms with Crippen LogP contribution >= 0.6 is 0 Å². The standard InChI is InChI=1S/C14H9N5/c15-9-11-4-3-5-12(8-11)13-10-19(18-17-13)14-6-1-2-7-16-14/h1-8,10H. The normalized spacial score (nSPS) is 10.1. The Morgan fingerprint density at radius 2 is 2.05 bits per heavy atom. The van der Waals surface area contributed by atoms with Gasteiger partial charge in [0.2, 0.25) is 0 Å². The second-order valence-electron chi connectivity index (χ2n) is 3.93. The zero-order chi connectivity index (χ0) is 13.1. The van der Waals surface area contributed by atoms with Crippen LogP contribution in [0, 0.1) is 11.3 Å².